The third-order valence-corrected chi connectivity index (χ3v) is 6.76. The molecule has 0 bridgehead atoms. The molecule has 2 unspecified atom stereocenters. The van der Waals surface area contributed by atoms with E-state index in [1.165, 1.54) is 37.2 Å². The first kappa shape index (κ1) is 23.8. The molecule has 1 aromatic carbocycles. The zero-order valence-corrected chi connectivity index (χ0v) is 20.8. The lowest BCUT2D eigenvalue weighted by Crippen LogP contribution is -2.17. The van der Waals surface area contributed by atoms with Crippen LogP contribution in [-0.2, 0) is 4.74 Å². The van der Waals surface area contributed by atoms with Crippen molar-refractivity contribution in [2.24, 2.45) is 5.92 Å². The summed E-state index contributed by atoms with van der Waals surface area (Å²) in [5.74, 6) is 0.338. The minimum atomic E-state index is -0.447. The molecule has 0 spiro atoms. The van der Waals surface area contributed by atoms with E-state index in [4.69, 9.17) is 16.3 Å². The van der Waals surface area contributed by atoms with Gasteiger partial charge in [0, 0.05) is 29.0 Å². The predicted octanol–water partition coefficient (Wildman–Crippen LogP) is 6.20. The Hall–Kier alpha value is -2.97. The van der Waals surface area contributed by atoms with Crippen molar-refractivity contribution in [1.29, 1.82) is 0 Å². The van der Waals surface area contributed by atoms with Crippen LogP contribution in [0.4, 0.5) is 4.39 Å². The smallest absolute Gasteiger partial charge is 0.182 e. The summed E-state index contributed by atoms with van der Waals surface area (Å²) in [6.45, 7) is 6.91. The molecule has 7 nitrogen and oxygen atoms in total. The molecular weight excluding hydrogens is 467 g/mol. The third-order valence-electron chi connectivity index (χ3n) is 6.53. The monoisotopic (exact) mass is 494 g/mol. The molecule has 1 saturated carbocycles. The molecule has 1 aliphatic heterocycles. The largest absolute Gasteiger partial charge is 0.373 e. The Morgan fingerprint density at radius 3 is 2.63 bits per heavy atom. The molecule has 0 N–H and O–H groups in total. The summed E-state index contributed by atoms with van der Waals surface area (Å²) in [6.07, 6.45) is 10.8. The number of aromatic nitrogens is 6. The second-order valence-corrected chi connectivity index (χ2v) is 9.82. The Bertz CT molecular complexity index is 1360. The fraction of sp³-hybridized carbons (Fsp3) is 0.423. The summed E-state index contributed by atoms with van der Waals surface area (Å²) in [7, 11) is 0. The van der Waals surface area contributed by atoms with Gasteiger partial charge in [0.05, 0.1) is 29.7 Å². The van der Waals surface area contributed by atoms with Gasteiger partial charge in [0.2, 0.25) is 0 Å². The lowest BCUT2D eigenvalue weighted by molar-refractivity contribution is -0.00637. The van der Waals surface area contributed by atoms with Crippen molar-refractivity contribution >= 4 is 22.8 Å². The summed E-state index contributed by atoms with van der Waals surface area (Å²) < 4.78 is 22.0. The third kappa shape index (κ3) is 5.33. The van der Waals surface area contributed by atoms with Crippen LogP contribution < -0.4 is 0 Å². The van der Waals surface area contributed by atoms with Gasteiger partial charge in [-0.05, 0) is 63.6 Å². The number of benzene rings is 1. The second-order valence-electron chi connectivity index (χ2n) is 9.39. The van der Waals surface area contributed by atoms with E-state index in [1.807, 2.05) is 20.0 Å². The molecule has 9 heteroatoms. The average Bonchev–Trinajstić information content (AvgIpc) is 3.56. The highest BCUT2D eigenvalue weighted by atomic mass is 35.5. The number of rotatable bonds is 3. The van der Waals surface area contributed by atoms with E-state index >= 15 is 0 Å². The molecule has 4 heterocycles. The Balaban J connectivity index is 0.000000151. The molecule has 4 aromatic rings. The Labute approximate surface area is 208 Å². The Morgan fingerprint density at radius 2 is 1.89 bits per heavy atom. The van der Waals surface area contributed by atoms with Crippen LogP contribution in [0.5, 0.6) is 0 Å². The quantitative estimate of drug-likeness (QED) is 0.337. The molecule has 0 amide bonds. The van der Waals surface area contributed by atoms with Crippen LogP contribution in [-0.4, -0.2) is 36.3 Å². The van der Waals surface area contributed by atoms with Crippen molar-refractivity contribution in [2.75, 3.05) is 6.61 Å². The van der Waals surface area contributed by atoms with Gasteiger partial charge in [0.15, 0.2) is 5.65 Å². The zero-order valence-electron chi connectivity index (χ0n) is 20.1. The molecular formula is C26H28ClFN6O. The van der Waals surface area contributed by atoms with Crippen molar-refractivity contribution in [3.8, 4) is 11.3 Å². The average molecular weight is 495 g/mol. The first-order chi connectivity index (χ1) is 16.9. The van der Waals surface area contributed by atoms with Crippen LogP contribution in [0.25, 0.3) is 22.4 Å². The van der Waals surface area contributed by atoms with E-state index in [2.05, 4.69) is 42.8 Å². The van der Waals surface area contributed by atoms with Crippen molar-refractivity contribution in [3.63, 3.8) is 0 Å². The second kappa shape index (κ2) is 9.95. The van der Waals surface area contributed by atoms with Crippen LogP contribution >= 0.6 is 11.6 Å². The molecule has 2 fully saturated rings. The van der Waals surface area contributed by atoms with Crippen LogP contribution in [0, 0.1) is 25.6 Å². The van der Waals surface area contributed by atoms with Gasteiger partial charge in [0.25, 0.3) is 0 Å². The zero-order chi connectivity index (χ0) is 24.5. The van der Waals surface area contributed by atoms with E-state index in [0.29, 0.717) is 39.6 Å². The van der Waals surface area contributed by atoms with Crippen LogP contribution in [0.2, 0.25) is 5.02 Å². The van der Waals surface area contributed by atoms with Gasteiger partial charge in [-0.1, -0.05) is 18.5 Å². The molecule has 6 rings (SSSR count). The molecule has 2 aliphatic rings. The Kier molecular flexibility index (Phi) is 6.75. The van der Waals surface area contributed by atoms with Crippen LogP contribution in [0.3, 0.4) is 0 Å². The summed E-state index contributed by atoms with van der Waals surface area (Å²) >= 11 is 5.77. The summed E-state index contributed by atoms with van der Waals surface area (Å²) in [5.41, 5.74) is 4.51. The van der Waals surface area contributed by atoms with Gasteiger partial charge >= 0.3 is 0 Å². The highest BCUT2D eigenvalue weighted by Gasteiger charge is 2.27. The molecule has 2 atom stereocenters. The number of aryl methyl sites for hydroxylation is 2. The first-order valence-corrected chi connectivity index (χ1v) is 12.3. The van der Waals surface area contributed by atoms with Crippen molar-refractivity contribution in [1.82, 2.24) is 29.7 Å². The number of hydrogen-bond donors (Lipinski definition) is 0. The number of halogens is 2. The van der Waals surface area contributed by atoms with Crippen LogP contribution in [0.15, 0.2) is 36.9 Å². The predicted molar refractivity (Wildman–Crippen MR) is 133 cm³/mol. The van der Waals surface area contributed by atoms with Crippen molar-refractivity contribution in [3.05, 3.63) is 64.7 Å². The van der Waals surface area contributed by atoms with Crippen molar-refractivity contribution in [2.45, 2.75) is 58.6 Å². The molecule has 0 radical (unpaired) electrons. The highest BCUT2D eigenvalue weighted by molar-refractivity contribution is 6.30. The van der Waals surface area contributed by atoms with E-state index < -0.39 is 5.82 Å². The van der Waals surface area contributed by atoms with Gasteiger partial charge in [-0.2, -0.15) is 5.10 Å². The number of nitrogens with zero attached hydrogens (tertiary/aromatic N) is 6. The topological polar surface area (TPSA) is 78.6 Å². The summed E-state index contributed by atoms with van der Waals surface area (Å²) in [4.78, 5) is 17.0. The van der Waals surface area contributed by atoms with Gasteiger partial charge in [0.1, 0.15) is 23.4 Å². The van der Waals surface area contributed by atoms with Crippen molar-refractivity contribution < 1.29 is 9.13 Å². The lowest BCUT2D eigenvalue weighted by Gasteiger charge is -2.26. The lowest BCUT2D eigenvalue weighted by atomic mass is 9.95. The minimum absolute atomic E-state index is 0.293. The molecule has 35 heavy (non-hydrogen) atoms. The fourth-order valence-corrected chi connectivity index (χ4v) is 4.33. The Morgan fingerprint density at radius 1 is 1.09 bits per heavy atom. The maximum Gasteiger partial charge on any atom is 0.182 e. The minimum Gasteiger partial charge on any atom is -0.373 e. The summed E-state index contributed by atoms with van der Waals surface area (Å²) in [5, 5.41) is 4.75. The first-order valence-electron chi connectivity index (χ1n) is 12.0. The van der Waals surface area contributed by atoms with E-state index in [1.54, 1.807) is 12.1 Å². The maximum atomic E-state index is 14.1. The number of hydrogen-bond acceptors (Lipinski definition) is 6. The fourth-order valence-electron chi connectivity index (χ4n) is 4.17. The van der Waals surface area contributed by atoms with Gasteiger partial charge in [-0.15, -0.1) is 0 Å². The van der Waals surface area contributed by atoms with Crippen LogP contribution in [0.1, 0.15) is 61.7 Å². The van der Waals surface area contributed by atoms with E-state index in [0.717, 1.165) is 30.3 Å². The standard InChI is InChI=1S/C14H10ClFN4.C12H18N2O/c1-7-8(2)20-14-13(19-7)12(17-6-18-14)10-4-3-9(15)5-11(10)16;1-9-4-5-15-12(6-9)10-7-13-14(8-10)11-2-3-11/h3-6H,1-2H3;7-9,11-12H,2-6H2,1H3. The summed E-state index contributed by atoms with van der Waals surface area (Å²) in [6, 6.07) is 5.12. The van der Waals surface area contributed by atoms with E-state index in [-0.39, 0.29) is 0 Å². The molecule has 1 aliphatic carbocycles. The molecule has 1 saturated heterocycles. The maximum absolute atomic E-state index is 14.1. The normalized spacial score (nSPS) is 19.9. The van der Waals surface area contributed by atoms with Gasteiger partial charge in [-0.3, -0.25) is 4.68 Å². The number of ether oxygens (including phenoxy) is 1. The number of fused-ring (bicyclic) bond motifs is 1. The molecule has 3 aromatic heterocycles. The van der Waals surface area contributed by atoms with Gasteiger partial charge < -0.3 is 4.74 Å². The highest BCUT2D eigenvalue weighted by Crippen LogP contribution is 2.36. The van der Waals surface area contributed by atoms with E-state index in [9.17, 15) is 4.39 Å². The SMILES string of the molecule is CC1CCOC(c2cnn(C3CC3)c2)C1.Cc1nc2ncnc(-c3ccc(Cl)cc3F)c2nc1C. The van der Waals surface area contributed by atoms with Gasteiger partial charge in [-0.25, -0.2) is 24.3 Å². The molecule has 182 valence electrons.